The molecule has 0 N–H and O–H groups in total. The third kappa shape index (κ3) is 5.63. The van der Waals surface area contributed by atoms with Gasteiger partial charge in [-0.25, -0.2) is 13.4 Å². The van der Waals surface area contributed by atoms with Crippen LogP contribution in [0.4, 0.5) is 0 Å². The van der Waals surface area contributed by atoms with Crippen LogP contribution in [0.1, 0.15) is 30.8 Å². The number of hydrogen-bond donors (Lipinski definition) is 0. The van der Waals surface area contributed by atoms with Crippen molar-refractivity contribution in [2.75, 3.05) is 6.26 Å². The first-order valence-corrected chi connectivity index (χ1v) is 15.7. The van der Waals surface area contributed by atoms with Gasteiger partial charge in [-0.3, -0.25) is 4.98 Å². The molecule has 0 unspecified atom stereocenters. The van der Waals surface area contributed by atoms with Gasteiger partial charge in [0.15, 0.2) is 15.7 Å². The van der Waals surface area contributed by atoms with Gasteiger partial charge in [0, 0.05) is 35.2 Å². The molecular formula is C34H30N4O4S. The summed E-state index contributed by atoms with van der Waals surface area (Å²) in [4.78, 5) is 13.7. The summed E-state index contributed by atoms with van der Waals surface area (Å²) in [5.41, 5.74) is 6.55. The second kappa shape index (κ2) is 11.1. The van der Waals surface area contributed by atoms with Crippen molar-refractivity contribution in [3.63, 3.8) is 0 Å². The normalized spacial score (nSPS) is 12.0. The van der Waals surface area contributed by atoms with Crippen molar-refractivity contribution in [1.82, 2.24) is 20.1 Å². The molecule has 0 atom stereocenters. The molecule has 216 valence electrons. The third-order valence-electron chi connectivity index (χ3n) is 7.66. The van der Waals surface area contributed by atoms with Gasteiger partial charge in [-0.05, 0) is 73.4 Å². The van der Waals surface area contributed by atoms with Crippen LogP contribution in [0.15, 0.2) is 102 Å². The van der Waals surface area contributed by atoms with E-state index in [1.807, 2.05) is 84.9 Å². The monoisotopic (exact) mass is 590 g/mol. The third-order valence-corrected chi connectivity index (χ3v) is 9.75. The van der Waals surface area contributed by atoms with Crippen LogP contribution in [-0.2, 0) is 21.2 Å². The number of nitrogens with zero attached hydrogens (tertiary/aromatic N) is 4. The maximum atomic E-state index is 12.7. The molecule has 0 aliphatic carbocycles. The molecule has 0 spiro atoms. The van der Waals surface area contributed by atoms with Crippen LogP contribution in [0.25, 0.3) is 44.6 Å². The van der Waals surface area contributed by atoms with Gasteiger partial charge in [-0.2, -0.15) is 4.98 Å². The van der Waals surface area contributed by atoms with E-state index in [-0.39, 0.29) is 0 Å². The largest absolute Gasteiger partial charge is 0.472 e. The summed E-state index contributed by atoms with van der Waals surface area (Å²) >= 11 is 0. The summed E-state index contributed by atoms with van der Waals surface area (Å²) in [5, 5.41) is 4.83. The number of rotatable bonds is 8. The Morgan fingerprint density at radius 2 is 1.63 bits per heavy atom. The predicted octanol–water partition coefficient (Wildman–Crippen LogP) is 7.18. The molecule has 0 fully saturated rings. The topological polar surface area (TPSA) is 108 Å². The molecule has 8 nitrogen and oxygen atoms in total. The average molecular weight is 591 g/mol. The maximum absolute atomic E-state index is 12.7. The number of hydrogen-bond acceptors (Lipinski definition) is 8. The van der Waals surface area contributed by atoms with Gasteiger partial charge in [0.1, 0.15) is 12.2 Å². The Morgan fingerprint density at radius 1 is 0.837 bits per heavy atom. The highest BCUT2D eigenvalue weighted by atomic mass is 32.2. The van der Waals surface area contributed by atoms with Gasteiger partial charge in [-0.1, -0.05) is 59.8 Å². The molecule has 3 aromatic carbocycles. The van der Waals surface area contributed by atoms with Gasteiger partial charge in [0.2, 0.25) is 5.88 Å². The number of ether oxygens (including phenoxy) is 1. The summed E-state index contributed by atoms with van der Waals surface area (Å²) in [6, 6.07) is 27.4. The number of fused-ring (bicyclic) bond motifs is 1. The number of aryl methyl sites for hydroxylation is 1. The van der Waals surface area contributed by atoms with E-state index in [9.17, 15) is 8.42 Å². The lowest BCUT2D eigenvalue weighted by molar-refractivity contribution is 0.294. The highest BCUT2D eigenvalue weighted by Gasteiger charge is 2.33. The Kier molecular flexibility index (Phi) is 7.27. The predicted molar refractivity (Wildman–Crippen MR) is 167 cm³/mol. The first kappa shape index (κ1) is 28.2. The fourth-order valence-electron chi connectivity index (χ4n) is 4.85. The van der Waals surface area contributed by atoms with Gasteiger partial charge in [0.25, 0.3) is 5.89 Å². The van der Waals surface area contributed by atoms with E-state index >= 15 is 0 Å². The Balaban J connectivity index is 1.44. The molecule has 43 heavy (non-hydrogen) atoms. The second-order valence-corrected chi connectivity index (χ2v) is 13.5. The fraction of sp³-hybridized carbons (Fsp3) is 0.176. The van der Waals surface area contributed by atoms with Crippen LogP contribution in [0, 0.1) is 6.92 Å². The van der Waals surface area contributed by atoms with E-state index in [4.69, 9.17) is 9.26 Å². The zero-order chi connectivity index (χ0) is 30.2. The van der Waals surface area contributed by atoms with Crippen molar-refractivity contribution in [3.8, 4) is 39.6 Å². The lowest BCUT2D eigenvalue weighted by Gasteiger charge is -2.24. The van der Waals surface area contributed by atoms with Crippen molar-refractivity contribution in [2.24, 2.45) is 0 Å². The summed E-state index contributed by atoms with van der Waals surface area (Å²) in [7, 11) is -3.39. The Hall–Kier alpha value is -4.89. The quantitative estimate of drug-likeness (QED) is 0.183. The second-order valence-electron chi connectivity index (χ2n) is 11.0. The molecule has 3 aromatic heterocycles. The molecule has 0 aliphatic rings. The minimum absolute atomic E-state index is 0.317. The van der Waals surface area contributed by atoms with Crippen LogP contribution < -0.4 is 4.74 Å². The van der Waals surface area contributed by atoms with Crippen LogP contribution in [0.2, 0.25) is 0 Å². The number of benzene rings is 3. The molecule has 0 saturated carbocycles. The van der Waals surface area contributed by atoms with Crippen molar-refractivity contribution >= 4 is 20.7 Å². The van der Waals surface area contributed by atoms with Crippen LogP contribution in [0.5, 0.6) is 5.88 Å². The molecule has 9 heteroatoms. The standard InChI is InChI=1S/C34H30N4O4S/c1-22-37-33(42-38-22)30-18-27(20-36-32(30)41-21-23-10-6-5-7-11-23)24-12-8-13-25(16-24)29-19-28(34(2,3)43(4,39)40)17-26-14-9-15-35-31(26)29/h5-20H,21H2,1-4H3. The lowest BCUT2D eigenvalue weighted by Crippen LogP contribution is -2.28. The molecule has 0 saturated heterocycles. The Labute approximate surface area is 250 Å². The van der Waals surface area contributed by atoms with E-state index in [2.05, 4.69) is 20.1 Å². The van der Waals surface area contributed by atoms with Gasteiger partial charge in [0.05, 0.1) is 10.3 Å². The molecule has 0 radical (unpaired) electrons. The number of pyridine rings is 2. The summed E-state index contributed by atoms with van der Waals surface area (Å²) < 4.78 is 36.0. The van der Waals surface area contributed by atoms with Crippen molar-refractivity contribution in [3.05, 3.63) is 114 Å². The number of aromatic nitrogens is 4. The minimum atomic E-state index is -3.39. The molecule has 6 aromatic rings. The van der Waals surface area contributed by atoms with Gasteiger partial charge < -0.3 is 9.26 Å². The van der Waals surface area contributed by atoms with E-state index in [0.717, 1.165) is 38.7 Å². The van der Waals surface area contributed by atoms with E-state index < -0.39 is 14.6 Å². The van der Waals surface area contributed by atoms with E-state index in [0.29, 0.717) is 35.3 Å². The van der Waals surface area contributed by atoms with E-state index in [1.54, 1.807) is 33.2 Å². The first-order valence-electron chi connectivity index (χ1n) is 13.8. The fourth-order valence-corrected chi connectivity index (χ4v) is 5.40. The van der Waals surface area contributed by atoms with Crippen LogP contribution >= 0.6 is 0 Å². The van der Waals surface area contributed by atoms with Gasteiger partial charge in [-0.15, -0.1) is 0 Å². The molecular weight excluding hydrogens is 560 g/mol. The zero-order valence-electron chi connectivity index (χ0n) is 24.3. The smallest absolute Gasteiger partial charge is 0.263 e. The van der Waals surface area contributed by atoms with Gasteiger partial charge >= 0.3 is 0 Å². The van der Waals surface area contributed by atoms with Crippen LogP contribution in [-0.4, -0.2) is 34.8 Å². The average Bonchev–Trinajstić information content (AvgIpc) is 3.45. The summed E-state index contributed by atoms with van der Waals surface area (Å²) in [6.45, 7) is 5.56. The van der Waals surface area contributed by atoms with Crippen molar-refractivity contribution < 1.29 is 17.7 Å². The molecule has 0 amide bonds. The molecule has 0 aliphatic heterocycles. The molecule has 0 bridgehead atoms. The highest BCUT2D eigenvalue weighted by molar-refractivity contribution is 7.91. The summed E-state index contributed by atoms with van der Waals surface area (Å²) in [6.07, 6.45) is 4.77. The maximum Gasteiger partial charge on any atom is 0.263 e. The van der Waals surface area contributed by atoms with E-state index in [1.165, 1.54) is 6.26 Å². The lowest BCUT2D eigenvalue weighted by atomic mass is 9.92. The Bertz CT molecular complexity index is 2050. The molecule has 3 heterocycles. The zero-order valence-corrected chi connectivity index (χ0v) is 25.1. The Morgan fingerprint density at radius 3 is 2.37 bits per heavy atom. The minimum Gasteiger partial charge on any atom is -0.472 e. The number of sulfone groups is 1. The van der Waals surface area contributed by atoms with Crippen molar-refractivity contribution in [2.45, 2.75) is 32.1 Å². The first-order chi connectivity index (χ1) is 20.6. The van der Waals surface area contributed by atoms with Crippen molar-refractivity contribution in [1.29, 1.82) is 0 Å². The SMILES string of the molecule is Cc1noc(-c2cc(-c3cccc(-c4cc(C(C)(C)S(C)(=O)=O)cc5cccnc45)c3)cnc2OCc2ccccc2)n1. The highest BCUT2D eigenvalue weighted by Crippen LogP contribution is 2.38. The molecule has 6 rings (SSSR count). The van der Waals surface area contributed by atoms with Crippen LogP contribution in [0.3, 0.4) is 0 Å². The summed E-state index contributed by atoms with van der Waals surface area (Å²) in [5.74, 6) is 1.21.